The van der Waals surface area contributed by atoms with Crippen LogP contribution in [0.15, 0.2) is 72.8 Å². The topological polar surface area (TPSA) is 21.3 Å². The highest BCUT2D eigenvalue weighted by atomic mass is 35.5. The molecule has 0 aliphatic carbocycles. The fourth-order valence-corrected chi connectivity index (χ4v) is 3.11. The highest BCUT2D eigenvalue weighted by Crippen LogP contribution is 2.25. The van der Waals surface area contributed by atoms with Gasteiger partial charge in [0, 0.05) is 23.2 Å². The normalized spacial score (nSPS) is 12.0. The van der Waals surface area contributed by atoms with Gasteiger partial charge in [0.15, 0.2) is 0 Å². The Hall–Kier alpha value is -2.29. The van der Waals surface area contributed by atoms with Crippen molar-refractivity contribution >= 4 is 11.6 Å². The highest BCUT2D eigenvalue weighted by Gasteiger charge is 2.09. The molecular formula is C23H24ClNO. The molecule has 0 heterocycles. The van der Waals surface area contributed by atoms with Crippen molar-refractivity contribution in [3.05, 3.63) is 100 Å². The summed E-state index contributed by atoms with van der Waals surface area (Å²) in [7, 11) is 0. The third kappa shape index (κ3) is 5.10. The van der Waals surface area contributed by atoms with Crippen molar-refractivity contribution in [2.24, 2.45) is 0 Å². The van der Waals surface area contributed by atoms with Gasteiger partial charge in [0.05, 0.1) is 0 Å². The molecule has 134 valence electrons. The first kappa shape index (κ1) is 18.5. The molecule has 0 aliphatic heterocycles. The number of benzene rings is 3. The van der Waals surface area contributed by atoms with E-state index >= 15 is 0 Å². The standard InChI is InChI=1S/C23H24ClNO/c1-17-7-6-8-19(13-17)16-26-23-12-11-22(24)14-21(23)15-25-18(2)20-9-4-3-5-10-20/h3-14,18,25H,15-16H2,1-2H3/t18-/m1/s1. The number of rotatable bonds is 7. The molecule has 3 aromatic carbocycles. The quantitative estimate of drug-likeness (QED) is 0.548. The summed E-state index contributed by atoms with van der Waals surface area (Å²) in [5, 5.41) is 4.27. The van der Waals surface area contributed by atoms with Gasteiger partial charge in [0.2, 0.25) is 0 Å². The van der Waals surface area contributed by atoms with Gasteiger partial charge in [-0.25, -0.2) is 0 Å². The maximum absolute atomic E-state index is 6.20. The summed E-state index contributed by atoms with van der Waals surface area (Å²) in [5.41, 5.74) is 4.72. The number of hydrogen-bond acceptors (Lipinski definition) is 2. The van der Waals surface area contributed by atoms with Gasteiger partial charge in [0.25, 0.3) is 0 Å². The van der Waals surface area contributed by atoms with Crippen LogP contribution >= 0.6 is 11.6 Å². The van der Waals surface area contributed by atoms with Gasteiger partial charge in [0.1, 0.15) is 12.4 Å². The molecule has 0 bridgehead atoms. The molecule has 0 amide bonds. The molecular weight excluding hydrogens is 342 g/mol. The van der Waals surface area contributed by atoms with Crippen molar-refractivity contribution in [2.75, 3.05) is 0 Å². The van der Waals surface area contributed by atoms with E-state index in [2.05, 4.69) is 67.7 Å². The molecule has 0 unspecified atom stereocenters. The van der Waals surface area contributed by atoms with Crippen LogP contribution in [0.2, 0.25) is 5.02 Å². The molecule has 0 saturated heterocycles. The van der Waals surface area contributed by atoms with Crippen molar-refractivity contribution in [3.8, 4) is 5.75 Å². The Bertz CT molecular complexity index is 848. The van der Waals surface area contributed by atoms with Gasteiger partial charge >= 0.3 is 0 Å². The first-order chi connectivity index (χ1) is 12.6. The minimum Gasteiger partial charge on any atom is -0.489 e. The Labute approximate surface area is 160 Å². The smallest absolute Gasteiger partial charge is 0.124 e. The van der Waals surface area contributed by atoms with Crippen LogP contribution in [0.4, 0.5) is 0 Å². The fourth-order valence-electron chi connectivity index (χ4n) is 2.91. The molecule has 0 spiro atoms. The third-order valence-corrected chi connectivity index (χ3v) is 4.63. The molecule has 0 fully saturated rings. The van der Waals surface area contributed by atoms with E-state index in [0.717, 1.165) is 21.9 Å². The van der Waals surface area contributed by atoms with Crippen LogP contribution < -0.4 is 10.1 Å². The number of aryl methyl sites for hydroxylation is 1. The zero-order chi connectivity index (χ0) is 18.4. The van der Waals surface area contributed by atoms with Gasteiger partial charge in [-0.05, 0) is 43.2 Å². The first-order valence-corrected chi connectivity index (χ1v) is 9.25. The van der Waals surface area contributed by atoms with E-state index in [1.54, 1.807) is 0 Å². The lowest BCUT2D eigenvalue weighted by atomic mass is 10.1. The van der Waals surface area contributed by atoms with Crippen LogP contribution in [0.1, 0.15) is 35.2 Å². The van der Waals surface area contributed by atoms with Gasteiger partial charge in [-0.1, -0.05) is 71.8 Å². The largest absolute Gasteiger partial charge is 0.489 e. The van der Waals surface area contributed by atoms with E-state index in [9.17, 15) is 0 Å². The van der Waals surface area contributed by atoms with E-state index in [0.29, 0.717) is 13.2 Å². The molecule has 0 saturated carbocycles. The maximum Gasteiger partial charge on any atom is 0.124 e. The summed E-state index contributed by atoms with van der Waals surface area (Å²) < 4.78 is 6.07. The Morgan fingerprint density at radius 2 is 1.77 bits per heavy atom. The monoisotopic (exact) mass is 365 g/mol. The van der Waals surface area contributed by atoms with Crippen LogP contribution in [0.5, 0.6) is 5.75 Å². The van der Waals surface area contributed by atoms with Gasteiger partial charge in [-0.2, -0.15) is 0 Å². The lowest BCUT2D eigenvalue weighted by Gasteiger charge is -2.17. The summed E-state index contributed by atoms with van der Waals surface area (Å²) in [6.07, 6.45) is 0. The van der Waals surface area contributed by atoms with E-state index in [1.165, 1.54) is 11.1 Å². The Morgan fingerprint density at radius 1 is 0.962 bits per heavy atom. The number of hydrogen-bond donors (Lipinski definition) is 1. The average molecular weight is 366 g/mol. The summed E-state index contributed by atoms with van der Waals surface area (Å²) in [5.74, 6) is 0.865. The molecule has 26 heavy (non-hydrogen) atoms. The molecule has 3 rings (SSSR count). The van der Waals surface area contributed by atoms with Gasteiger partial charge < -0.3 is 10.1 Å². The van der Waals surface area contributed by atoms with Gasteiger partial charge in [-0.3, -0.25) is 0 Å². The predicted molar refractivity (Wildman–Crippen MR) is 109 cm³/mol. The Kier molecular flexibility index (Phi) is 6.32. The Balaban J connectivity index is 1.67. The SMILES string of the molecule is Cc1cccc(COc2ccc(Cl)cc2CN[C@H](C)c2ccccc2)c1. The highest BCUT2D eigenvalue weighted by molar-refractivity contribution is 6.30. The van der Waals surface area contributed by atoms with Crippen LogP contribution in [-0.2, 0) is 13.2 Å². The molecule has 3 aromatic rings. The number of halogens is 1. The van der Waals surface area contributed by atoms with Crippen LogP contribution in [-0.4, -0.2) is 0 Å². The minimum atomic E-state index is 0.250. The molecule has 0 aromatic heterocycles. The van der Waals surface area contributed by atoms with Crippen molar-refractivity contribution in [3.63, 3.8) is 0 Å². The van der Waals surface area contributed by atoms with Crippen molar-refractivity contribution in [1.82, 2.24) is 5.32 Å². The van der Waals surface area contributed by atoms with Gasteiger partial charge in [-0.15, -0.1) is 0 Å². The second-order valence-corrected chi connectivity index (χ2v) is 6.98. The van der Waals surface area contributed by atoms with Crippen LogP contribution in [0.25, 0.3) is 0 Å². The molecule has 2 nitrogen and oxygen atoms in total. The summed E-state index contributed by atoms with van der Waals surface area (Å²) in [4.78, 5) is 0. The lowest BCUT2D eigenvalue weighted by Crippen LogP contribution is -2.18. The van der Waals surface area contributed by atoms with Crippen molar-refractivity contribution in [1.29, 1.82) is 0 Å². The third-order valence-electron chi connectivity index (χ3n) is 4.40. The van der Waals surface area contributed by atoms with Crippen molar-refractivity contribution in [2.45, 2.75) is 33.0 Å². The molecule has 0 radical (unpaired) electrons. The first-order valence-electron chi connectivity index (χ1n) is 8.87. The molecule has 3 heteroatoms. The minimum absolute atomic E-state index is 0.250. The predicted octanol–water partition coefficient (Wildman–Crippen LogP) is 6.08. The van der Waals surface area contributed by atoms with Crippen molar-refractivity contribution < 1.29 is 4.74 Å². The maximum atomic E-state index is 6.20. The second kappa shape index (κ2) is 8.88. The Morgan fingerprint density at radius 3 is 2.54 bits per heavy atom. The summed E-state index contributed by atoms with van der Waals surface area (Å²) in [6, 6.07) is 24.8. The summed E-state index contributed by atoms with van der Waals surface area (Å²) in [6.45, 7) is 5.49. The summed E-state index contributed by atoms with van der Waals surface area (Å²) >= 11 is 6.20. The average Bonchev–Trinajstić information content (AvgIpc) is 2.66. The van der Waals surface area contributed by atoms with E-state index < -0.39 is 0 Å². The van der Waals surface area contributed by atoms with E-state index in [4.69, 9.17) is 16.3 Å². The van der Waals surface area contributed by atoms with E-state index in [-0.39, 0.29) is 6.04 Å². The number of nitrogens with one attached hydrogen (secondary N) is 1. The zero-order valence-electron chi connectivity index (χ0n) is 15.2. The van der Waals surface area contributed by atoms with Crippen LogP contribution in [0, 0.1) is 6.92 Å². The molecule has 1 N–H and O–H groups in total. The molecule has 0 aliphatic rings. The number of ether oxygens (including phenoxy) is 1. The lowest BCUT2D eigenvalue weighted by molar-refractivity contribution is 0.301. The fraction of sp³-hybridized carbons (Fsp3) is 0.217. The van der Waals surface area contributed by atoms with Crippen LogP contribution in [0.3, 0.4) is 0 Å². The second-order valence-electron chi connectivity index (χ2n) is 6.54. The van der Waals surface area contributed by atoms with E-state index in [1.807, 2.05) is 24.3 Å². The molecule has 1 atom stereocenters. The zero-order valence-corrected chi connectivity index (χ0v) is 16.0.